The summed E-state index contributed by atoms with van der Waals surface area (Å²) in [6.07, 6.45) is 2.38. The van der Waals surface area contributed by atoms with E-state index in [9.17, 15) is 9.59 Å². The highest BCUT2D eigenvalue weighted by Crippen LogP contribution is 2.43. The summed E-state index contributed by atoms with van der Waals surface area (Å²) in [7, 11) is 0. The molecule has 0 saturated heterocycles. The summed E-state index contributed by atoms with van der Waals surface area (Å²) in [5.74, 6) is -0.910. The van der Waals surface area contributed by atoms with Crippen LogP contribution in [0.3, 0.4) is 0 Å². The molecule has 0 radical (unpaired) electrons. The van der Waals surface area contributed by atoms with Crippen LogP contribution in [0.2, 0.25) is 0 Å². The van der Waals surface area contributed by atoms with Crippen LogP contribution in [0.1, 0.15) is 11.1 Å². The number of aromatic nitrogens is 2. The van der Waals surface area contributed by atoms with Gasteiger partial charge in [0, 0.05) is 79.2 Å². The number of nitrogens with zero attached hydrogens (tertiary/aromatic N) is 4. The standard InChI is InChI=1S/C68H50N4O4/c1-3-67(73)75-45-47-25-37-63-59(41-47)61-43-57(35-39-65(61)71(63)53-21-13-7-14-22-53)69(51-17-9-5-10-18-51)55-31-27-49(28-32-55)50-29-33-56(34-30-50)70(52-19-11-6-12-20-52)58-36-40-66-62(44-58)60-42-48(46-76-68(74)4-2)26-38-64(60)72(66)54-23-15-8-16-24-54/h3-44H,1-2,45-46H2. The highest BCUT2D eigenvalue weighted by atomic mass is 16.5. The van der Waals surface area contributed by atoms with E-state index in [1.165, 1.54) is 12.2 Å². The minimum atomic E-state index is -0.455. The molecule has 0 saturated carbocycles. The average Bonchev–Trinajstić information content (AvgIpc) is 4.01. The number of esters is 2. The maximum atomic E-state index is 12.1. The second-order valence-corrected chi connectivity index (χ2v) is 18.5. The fraction of sp³-hybridized carbons (Fsp3) is 0.0294. The molecule has 366 valence electrons. The van der Waals surface area contributed by atoms with Crippen LogP contribution in [-0.2, 0) is 32.3 Å². The van der Waals surface area contributed by atoms with Crippen LogP contribution in [0, 0.1) is 0 Å². The molecule has 8 heteroatoms. The van der Waals surface area contributed by atoms with Crippen LogP contribution >= 0.6 is 0 Å². The first-order valence-electron chi connectivity index (χ1n) is 25.2. The Bertz CT molecular complexity index is 3840. The van der Waals surface area contributed by atoms with Crippen LogP contribution in [0.4, 0.5) is 34.1 Å². The summed E-state index contributed by atoms with van der Waals surface area (Å²) in [6, 6.07) is 84.9. The smallest absolute Gasteiger partial charge is 0.330 e. The van der Waals surface area contributed by atoms with Crippen LogP contribution in [0.5, 0.6) is 0 Å². The highest BCUT2D eigenvalue weighted by Gasteiger charge is 2.21. The summed E-state index contributed by atoms with van der Waals surface area (Å²) >= 11 is 0. The van der Waals surface area contributed by atoms with Crippen molar-refractivity contribution in [3.8, 4) is 22.5 Å². The van der Waals surface area contributed by atoms with E-state index in [2.05, 4.69) is 238 Å². The van der Waals surface area contributed by atoms with Crippen molar-refractivity contribution < 1.29 is 19.1 Å². The first kappa shape index (κ1) is 46.9. The number of rotatable bonds is 15. The minimum absolute atomic E-state index is 0.147. The number of para-hydroxylation sites is 4. The number of carbonyl (C=O) groups is 2. The summed E-state index contributed by atoms with van der Waals surface area (Å²) in [6.45, 7) is 7.42. The lowest BCUT2D eigenvalue weighted by atomic mass is 10.0. The Balaban J connectivity index is 0.900. The highest BCUT2D eigenvalue weighted by molar-refractivity contribution is 6.12. The van der Waals surface area contributed by atoms with Crippen LogP contribution in [-0.4, -0.2) is 21.1 Å². The minimum Gasteiger partial charge on any atom is -0.458 e. The summed E-state index contributed by atoms with van der Waals surface area (Å²) in [5, 5.41) is 4.27. The molecule has 0 fully saturated rings. The van der Waals surface area contributed by atoms with Crippen LogP contribution in [0.25, 0.3) is 66.1 Å². The molecular weight excluding hydrogens is 937 g/mol. The molecule has 0 amide bonds. The molecule has 2 heterocycles. The van der Waals surface area contributed by atoms with Crippen molar-refractivity contribution in [1.82, 2.24) is 9.13 Å². The van der Waals surface area contributed by atoms with Gasteiger partial charge in [0.1, 0.15) is 13.2 Å². The van der Waals surface area contributed by atoms with Crippen molar-refractivity contribution in [3.05, 3.63) is 279 Å². The van der Waals surface area contributed by atoms with Gasteiger partial charge in [-0.2, -0.15) is 0 Å². The molecule has 0 N–H and O–H groups in total. The van der Waals surface area contributed by atoms with Gasteiger partial charge in [-0.1, -0.05) is 122 Å². The third-order valence-electron chi connectivity index (χ3n) is 13.9. The van der Waals surface area contributed by atoms with E-state index in [-0.39, 0.29) is 13.2 Å². The molecule has 12 aromatic rings. The van der Waals surface area contributed by atoms with Crippen LogP contribution < -0.4 is 9.80 Å². The molecule has 76 heavy (non-hydrogen) atoms. The third-order valence-corrected chi connectivity index (χ3v) is 13.9. The lowest BCUT2D eigenvalue weighted by Crippen LogP contribution is -2.10. The molecule has 0 aliphatic heterocycles. The number of fused-ring (bicyclic) bond motifs is 6. The maximum absolute atomic E-state index is 12.1. The lowest BCUT2D eigenvalue weighted by molar-refractivity contribution is -0.139. The molecule has 12 rings (SSSR count). The third kappa shape index (κ3) is 8.94. The summed E-state index contributed by atoms with van der Waals surface area (Å²) < 4.78 is 15.5. The van der Waals surface area contributed by atoms with Crippen molar-refractivity contribution >= 4 is 89.7 Å². The zero-order valence-corrected chi connectivity index (χ0v) is 41.5. The number of ether oxygens (including phenoxy) is 2. The Morgan fingerprint density at radius 1 is 0.355 bits per heavy atom. The normalized spacial score (nSPS) is 11.2. The Kier molecular flexibility index (Phi) is 12.6. The van der Waals surface area contributed by atoms with Gasteiger partial charge in [0.2, 0.25) is 0 Å². The summed E-state index contributed by atoms with van der Waals surface area (Å²) in [4.78, 5) is 28.7. The van der Waals surface area contributed by atoms with Gasteiger partial charge >= 0.3 is 11.9 Å². The van der Waals surface area contributed by atoms with E-state index in [1.54, 1.807) is 0 Å². The van der Waals surface area contributed by atoms with Crippen molar-refractivity contribution in [2.24, 2.45) is 0 Å². The van der Waals surface area contributed by atoms with Gasteiger partial charge in [0.05, 0.1) is 22.1 Å². The molecule has 0 spiro atoms. The van der Waals surface area contributed by atoms with Crippen molar-refractivity contribution in [3.63, 3.8) is 0 Å². The average molecular weight is 987 g/mol. The Hall–Kier alpha value is -10.2. The fourth-order valence-electron chi connectivity index (χ4n) is 10.4. The molecule has 10 aromatic carbocycles. The monoisotopic (exact) mass is 986 g/mol. The predicted octanol–water partition coefficient (Wildman–Crippen LogP) is 16.9. The van der Waals surface area contributed by atoms with Crippen molar-refractivity contribution in [2.45, 2.75) is 13.2 Å². The van der Waals surface area contributed by atoms with Gasteiger partial charge < -0.3 is 28.4 Å². The van der Waals surface area contributed by atoms with E-state index in [4.69, 9.17) is 9.47 Å². The van der Waals surface area contributed by atoms with E-state index in [0.29, 0.717) is 0 Å². The zero-order chi connectivity index (χ0) is 51.5. The maximum Gasteiger partial charge on any atom is 0.330 e. The largest absolute Gasteiger partial charge is 0.458 e. The van der Waals surface area contributed by atoms with E-state index >= 15 is 0 Å². The zero-order valence-electron chi connectivity index (χ0n) is 41.5. The molecule has 8 nitrogen and oxygen atoms in total. The second-order valence-electron chi connectivity index (χ2n) is 18.5. The predicted molar refractivity (Wildman–Crippen MR) is 310 cm³/mol. The van der Waals surface area contributed by atoms with Gasteiger partial charge in [-0.05, 0) is 156 Å². The lowest BCUT2D eigenvalue weighted by Gasteiger charge is -2.26. The van der Waals surface area contributed by atoms with E-state index < -0.39 is 11.9 Å². The quantitative estimate of drug-likeness (QED) is 0.0753. The number of hydrogen-bond acceptors (Lipinski definition) is 6. The first-order valence-corrected chi connectivity index (χ1v) is 25.2. The number of anilines is 6. The first-order chi connectivity index (χ1) is 37.4. The second kappa shape index (κ2) is 20.4. The van der Waals surface area contributed by atoms with Gasteiger partial charge in [-0.15, -0.1) is 0 Å². The molecular formula is C68H50N4O4. The topological polar surface area (TPSA) is 68.9 Å². The summed E-state index contributed by atoms with van der Waals surface area (Å²) in [5.41, 5.74) is 16.4. The van der Waals surface area contributed by atoms with Gasteiger partial charge in [-0.25, -0.2) is 9.59 Å². The molecule has 0 atom stereocenters. The SMILES string of the molecule is C=CC(=O)OCc1ccc2c(c1)c1cc(N(c3ccccc3)c3ccc(-c4ccc(N(c5ccccc5)c5ccc6c(c5)c5cc(COC(=O)C=C)ccc5n6-c5ccccc5)cc4)cc3)ccc1n2-c1ccccc1. The molecule has 2 aromatic heterocycles. The van der Waals surface area contributed by atoms with E-state index in [1.807, 2.05) is 36.4 Å². The molecule has 0 aliphatic rings. The van der Waals surface area contributed by atoms with Crippen LogP contribution in [0.15, 0.2) is 268 Å². The van der Waals surface area contributed by atoms with Crippen molar-refractivity contribution in [2.75, 3.05) is 9.80 Å². The number of carbonyl (C=O) groups excluding carboxylic acids is 2. The van der Waals surface area contributed by atoms with Crippen molar-refractivity contribution in [1.29, 1.82) is 0 Å². The Morgan fingerprint density at radius 3 is 1.01 bits per heavy atom. The Labute approximate surface area is 440 Å². The van der Waals surface area contributed by atoms with Gasteiger partial charge in [0.25, 0.3) is 0 Å². The molecule has 0 bridgehead atoms. The number of benzene rings is 10. The fourth-order valence-corrected chi connectivity index (χ4v) is 10.4. The number of hydrogen-bond donors (Lipinski definition) is 0. The Morgan fingerprint density at radius 2 is 0.658 bits per heavy atom. The molecule has 0 unspecified atom stereocenters. The van der Waals surface area contributed by atoms with Gasteiger partial charge in [-0.3, -0.25) is 0 Å². The van der Waals surface area contributed by atoms with E-state index in [0.717, 1.165) is 111 Å². The van der Waals surface area contributed by atoms with Gasteiger partial charge in [0.15, 0.2) is 0 Å². The molecule has 0 aliphatic carbocycles.